The fourth-order valence-electron chi connectivity index (χ4n) is 0. The zero-order chi connectivity index (χ0) is 6.08. The monoisotopic (exact) mass is 326 g/mol. The van der Waals surface area contributed by atoms with Crippen LogP contribution >= 0.6 is 0 Å². The Balaban J connectivity index is 3.79. The molecule has 0 saturated heterocycles. The molecule has 5 heteroatoms. The van der Waals surface area contributed by atoms with Gasteiger partial charge < -0.3 is 0 Å². The molecule has 0 aliphatic heterocycles. The van der Waals surface area contributed by atoms with Gasteiger partial charge in [0.05, 0.1) is 0 Å². The first-order valence-electron chi connectivity index (χ1n) is 1.36. The summed E-state index contributed by atoms with van der Waals surface area (Å²) in [7, 11) is 0. The molecule has 0 bridgehead atoms. The van der Waals surface area contributed by atoms with Gasteiger partial charge in [0, 0.05) is 0 Å². The van der Waals surface area contributed by atoms with Crippen LogP contribution in [0.2, 0.25) is 0 Å². The first-order valence-corrected chi connectivity index (χ1v) is 4.27. The van der Waals surface area contributed by atoms with E-state index >= 15 is 0 Å². The van der Waals surface area contributed by atoms with Crippen LogP contribution in [0.25, 0.3) is 0 Å². The number of rotatable bonds is 0. The Kier molecular flexibility index (Phi) is 2.95. The second-order valence-corrected chi connectivity index (χ2v) is 3.45. The molecule has 0 unspecified atom stereocenters. The van der Waals surface area contributed by atoms with Gasteiger partial charge in [-0.3, -0.25) is 0 Å². The van der Waals surface area contributed by atoms with Crippen molar-refractivity contribution in [1.82, 2.24) is 0 Å². The van der Waals surface area contributed by atoms with Crippen molar-refractivity contribution in [2.45, 2.75) is 6.18 Å². The van der Waals surface area contributed by atoms with Gasteiger partial charge in [-0.05, 0) is 0 Å². The van der Waals surface area contributed by atoms with E-state index in [1.54, 1.807) is 0 Å². The molecule has 0 aliphatic rings. The molecule has 0 aromatic carbocycles. The number of hydrogen-bond donors (Lipinski definition) is 0. The van der Waals surface area contributed by atoms with Crippen molar-refractivity contribution in [3.63, 3.8) is 0 Å². The normalized spacial score (nSPS) is 11.7. The standard InChI is InChI=1S/C2F4.Ra/c3-1-2(4,5)6;. The van der Waals surface area contributed by atoms with E-state index in [0.29, 0.717) is 0 Å². The van der Waals surface area contributed by atoms with Crippen molar-refractivity contribution in [3.05, 3.63) is 0 Å². The van der Waals surface area contributed by atoms with Gasteiger partial charge in [-0.1, -0.05) is 0 Å². The molecule has 0 aromatic heterocycles. The number of alkyl halides is 3. The SMILES string of the molecule is F[C](=[Ra])C(F)(F)F. The maximum atomic E-state index is 11.1. The van der Waals surface area contributed by atoms with Gasteiger partial charge in [0.25, 0.3) is 0 Å². The Morgan fingerprint density at radius 1 is 1.29 bits per heavy atom. The van der Waals surface area contributed by atoms with Crippen molar-refractivity contribution in [3.8, 4) is 0 Å². The van der Waals surface area contributed by atoms with Gasteiger partial charge in [0.2, 0.25) is 0 Å². The molecule has 0 heterocycles. The van der Waals surface area contributed by atoms with Crippen LogP contribution in [0.4, 0.5) is 17.6 Å². The summed E-state index contributed by atoms with van der Waals surface area (Å²) in [5.41, 5.74) is 0. The molecule has 0 aromatic rings. The predicted octanol–water partition coefficient (Wildman–Crippen LogP) is 1.20. The van der Waals surface area contributed by atoms with E-state index in [1.807, 2.05) is 0 Å². The molecule has 0 nitrogen and oxygen atoms in total. The summed E-state index contributed by atoms with van der Waals surface area (Å²) in [4.78, 5) is 0. The van der Waals surface area contributed by atoms with Crippen molar-refractivity contribution in [1.29, 1.82) is 0 Å². The van der Waals surface area contributed by atoms with Crippen LogP contribution in [-0.4, -0.2) is 6.95 Å². The predicted molar refractivity (Wildman–Crippen MR) is 12.2 cm³/mol. The quantitative estimate of drug-likeness (QED) is 0.587. The number of hydrogen-bond acceptors (Lipinski definition) is 0. The average Bonchev–Trinajstić information content (AvgIpc) is 1.31. The summed E-state index contributed by atoms with van der Waals surface area (Å²) in [6.45, 7) is 0. The molecular weight excluding hydrogens is 326 g/mol. The van der Waals surface area contributed by atoms with Gasteiger partial charge >= 0.3 is 66.8 Å². The second-order valence-electron chi connectivity index (χ2n) is 0.903. The molecule has 0 spiro atoms. The van der Waals surface area contributed by atoms with Crippen LogP contribution in [0.3, 0.4) is 0 Å². The van der Waals surface area contributed by atoms with E-state index in [4.69, 9.17) is 0 Å². The number of halogens is 4. The summed E-state index contributed by atoms with van der Waals surface area (Å²) in [6.07, 6.45) is -4.66. The Hall–Kier alpha value is 1.06. The van der Waals surface area contributed by atoms with Crippen LogP contribution in [0, 0.1) is 42.3 Å². The maximum absolute atomic E-state index is 11.1. The van der Waals surface area contributed by atoms with Crippen molar-refractivity contribution in [2.24, 2.45) is 0 Å². The molecule has 38 valence electrons. The Bertz CT molecular complexity index is 82.2. The van der Waals surface area contributed by atoms with Gasteiger partial charge in [-0.15, -0.1) is 0 Å². The topological polar surface area (TPSA) is 0 Å². The first-order chi connectivity index (χ1) is 2.94. The molecule has 7 heavy (non-hydrogen) atoms. The molecule has 0 N–H and O–H groups in total. The molecule has 0 aliphatic carbocycles. The van der Waals surface area contributed by atoms with E-state index in [9.17, 15) is 17.6 Å². The third-order valence-electron chi connectivity index (χ3n) is 0.308. The first kappa shape index (κ1) is 8.06. The molecule has 0 saturated carbocycles. The van der Waals surface area contributed by atoms with Crippen LogP contribution in [0.1, 0.15) is 0 Å². The molecule has 0 atom stereocenters. The third-order valence-corrected chi connectivity index (χ3v) is 1.96. The Morgan fingerprint density at radius 2 is 1.43 bits per heavy atom. The zero-order valence-corrected chi connectivity index (χ0v) is 9.03. The van der Waals surface area contributed by atoms with Crippen LogP contribution < -0.4 is 0 Å². The summed E-state index contributed by atoms with van der Waals surface area (Å²) in [6, 6.07) is 0. The fraction of sp³-hybridized carbons (Fsp3) is 0.500. The van der Waals surface area contributed by atoms with E-state index in [1.165, 1.54) is 0 Å². The Morgan fingerprint density at radius 3 is 1.43 bits per heavy atom. The summed E-state index contributed by atoms with van der Waals surface area (Å²) in [5.74, 6) is 0. The minimum atomic E-state index is -4.66. The summed E-state index contributed by atoms with van der Waals surface area (Å²) in [5, 5.41) is 0. The molecular formula is C2F4Ra. The molecule has 0 radical (unpaired) electrons. The van der Waals surface area contributed by atoms with Gasteiger partial charge in [0.1, 0.15) is 0 Å². The zero-order valence-electron chi connectivity index (χ0n) is 3.22. The third kappa shape index (κ3) is 3.62. The summed E-state index contributed by atoms with van der Waals surface area (Å²) < 4.78 is 41.8. The Labute approximate surface area is 66.1 Å². The summed E-state index contributed by atoms with van der Waals surface area (Å²) >= 11 is -1.01. The van der Waals surface area contributed by atoms with E-state index in [0.717, 1.165) is 0 Å². The van der Waals surface area contributed by atoms with Crippen LogP contribution in [-0.2, 0) is 0 Å². The average molecular weight is 326 g/mol. The second kappa shape index (κ2) is 2.56. The fourth-order valence-corrected chi connectivity index (χ4v) is 0. The van der Waals surface area contributed by atoms with Gasteiger partial charge in [-0.25, -0.2) is 0 Å². The molecule has 0 amide bonds. The van der Waals surface area contributed by atoms with Crippen molar-refractivity contribution < 1.29 is 59.8 Å². The van der Waals surface area contributed by atoms with E-state index < -0.39 is 49.2 Å². The van der Waals surface area contributed by atoms with Crippen LogP contribution in [0.15, 0.2) is 0 Å². The van der Waals surface area contributed by atoms with Crippen LogP contribution in [0.5, 0.6) is 0 Å². The minimum absolute atomic E-state index is 1.01. The van der Waals surface area contributed by atoms with Gasteiger partial charge in [0.15, 0.2) is 0 Å². The van der Waals surface area contributed by atoms with E-state index in [2.05, 4.69) is 0 Å². The molecule has 0 fully saturated rings. The molecule has 0 rings (SSSR count). The van der Waals surface area contributed by atoms with Crippen molar-refractivity contribution in [2.75, 3.05) is 0 Å². The van der Waals surface area contributed by atoms with Crippen molar-refractivity contribution >= 4 is 0.772 Å². The van der Waals surface area contributed by atoms with Gasteiger partial charge in [-0.2, -0.15) is 0 Å². The van der Waals surface area contributed by atoms with E-state index in [-0.39, 0.29) is 0 Å².